The van der Waals surface area contributed by atoms with Crippen LogP contribution in [0.2, 0.25) is 0 Å². The van der Waals surface area contributed by atoms with Crippen molar-refractivity contribution in [2.75, 3.05) is 27.2 Å². The van der Waals surface area contributed by atoms with E-state index in [1.54, 1.807) is 0 Å². The van der Waals surface area contributed by atoms with E-state index in [1.165, 1.54) is 0 Å². The predicted octanol–water partition coefficient (Wildman–Crippen LogP) is 0.460. The molecule has 0 aliphatic carbocycles. The average molecular weight is 197 g/mol. The molecule has 1 atom stereocenters. The van der Waals surface area contributed by atoms with Gasteiger partial charge >= 0.3 is 0 Å². The standard InChI is InChI=1S/C10H19N3O/c1-8(2)9(7-11)10(14)12-5-6-13(3)4/h8-9H,5-6H2,1-4H3,(H,12,14). The fraction of sp³-hybridized carbons (Fsp3) is 0.800. The zero-order chi connectivity index (χ0) is 11.1. The number of amides is 1. The number of carbonyl (C=O) groups excluding carboxylic acids is 1. The van der Waals surface area contributed by atoms with E-state index >= 15 is 0 Å². The molecule has 0 aliphatic heterocycles. The van der Waals surface area contributed by atoms with Gasteiger partial charge in [-0.3, -0.25) is 4.79 Å². The van der Waals surface area contributed by atoms with Crippen LogP contribution >= 0.6 is 0 Å². The van der Waals surface area contributed by atoms with Crippen molar-refractivity contribution < 1.29 is 4.79 Å². The Labute approximate surface area is 85.9 Å². The quantitative estimate of drug-likeness (QED) is 0.696. The van der Waals surface area contributed by atoms with Crippen LogP contribution in [0.4, 0.5) is 0 Å². The maximum atomic E-state index is 11.4. The van der Waals surface area contributed by atoms with Gasteiger partial charge in [-0.2, -0.15) is 5.26 Å². The van der Waals surface area contributed by atoms with Gasteiger partial charge in [-0.1, -0.05) is 13.8 Å². The number of nitrogens with zero attached hydrogens (tertiary/aromatic N) is 2. The third kappa shape index (κ3) is 4.83. The summed E-state index contributed by atoms with van der Waals surface area (Å²) >= 11 is 0. The van der Waals surface area contributed by atoms with Crippen LogP contribution in [0.25, 0.3) is 0 Å². The van der Waals surface area contributed by atoms with Gasteiger partial charge in [0.25, 0.3) is 0 Å². The first-order valence-electron chi connectivity index (χ1n) is 4.81. The maximum absolute atomic E-state index is 11.4. The molecule has 1 N–H and O–H groups in total. The lowest BCUT2D eigenvalue weighted by Crippen LogP contribution is -2.36. The van der Waals surface area contributed by atoms with Gasteiger partial charge < -0.3 is 10.2 Å². The zero-order valence-corrected chi connectivity index (χ0v) is 9.37. The van der Waals surface area contributed by atoms with Crippen molar-refractivity contribution in [2.45, 2.75) is 13.8 Å². The summed E-state index contributed by atoms with van der Waals surface area (Å²) in [5.41, 5.74) is 0. The summed E-state index contributed by atoms with van der Waals surface area (Å²) in [6, 6.07) is 2.01. The minimum atomic E-state index is -0.530. The SMILES string of the molecule is CC(C)C(C#N)C(=O)NCCN(C)C. The van der Waals surface area contributed by atoms with Gasteiger partial charge in [0.2, 0.25) is 5.91 Å². The van der Waals surface area contributed by atoms with Crippen LogP contribution in [0.5, 0.6) is 0 Å². The molecule has 0 saturated carbocycles. The van der Waals surface area contributed by atoms with E-state index in [2.05, 4.69) is 5.32 Å². The highest BCUT2D eigenvalue weighted by Gasteiger charge is 2.20. The summed E-state index contributed by atoms with van der Waals surface area (Å²) in [7, 11) is 3.88. The van der Waals surface area contributed by atoms with Gasteiger partial charge in [0.05, 0.1) is 6.07 Å². The highest BCUT2D eigenvalue weighted by atomic mass is 16.1. The largest absolute Gasteiger partial charge is 0.354 e. The van der Waals surface area contributed by atoms with Crippen molar-refractivity contribution in [1.29, 1.82) is 5.26 Å². The van der Waals surface area contributed by atoms with E-state index in [0.29, 0.717) is 6.54 Å². The molecule has 4 heteroatoms. The van der Waals surface area contributed by atoms with E-state index in [1.807, 2.05) is 38.9 Å². The number of hydrogen-bond donors (Lipinski definition) is 1. The van der Waals surface area contributed by atoms with Gasteiger partial charge in [0.15, 0.2) is 0 Å². The summed E-state index contributed by atoms with van der Waals surface area (Å²) in [6.07, 6.45) is 0. The van der Waals surface area contributed by atoms with E-state index in [4.69, 9.17) is 5.26 Å². The fourth-order valence-corrected chi connectivity index (χ4v) is 1.02. The smallest absolute Gasteiger partial charge is 0.237 e. The number of hydrogen-bond acceptors (Lipinski definition) is 3. The summed E-state index contributed by atoms with van der Waals surface area (Å²) in [5.74, 6) is -0.624. The third-order valence-electron chi connectivity index (χ3n) is 1.95. The number of rotatable bonds is 5. The van der Waals surface area contributed by atoms with E-state index < -0.39 is 5.92 Å². The van der Waals surface area contributed by atoms with Crippen LogP contribution < -0.4 is 5.32 Å². The lowest BCUT2D eigenvalue weighted by atomic mass is 9.97. The monoisotopic (exact) mass is 197 g/mol. The molecule has 0 aromatic heterocycles. The molecule has 1 amide bonds. The van der Waals surface area contributed by atoms with Crippen molar-refractivity contribution in [2.24, 2.45) is 11.8 Å². The van der Waals surface area contributed by atoms with Crippen LogP contribution in [-0.2, 0) is 4.79 Å². The topological polar surface area (TPSA) is 56.1 Å². The van der Waals surface area contributed by atoms with Gasteiger partial charge in [-0.05, 0) is 20.0 Å². The van der Waals surface area contributed by atoms with Crippen molar-refractivity contribution in [3.05, 3.63) is 0 Å². The molecule has 0 radical (unpaired) electrons. The number of likely N-dealkylation sites (N-methyl/N-ethyl adjacent to an activating group) is 1. The molecule has 0 saturated heterocycles. The van der Waals surface area contributed by atoms with E-state index in [-0.39, 0.29) is 11.8 Å². The number of nitriles is 1. The van der Waals surface area contributed by atoms with Crippen molar-refractivity contribution in [1.82, 2.24) is 10.2 Å². The Morgan fingerprint density at radius 3 is 2.43 bits per heavy atom. The molecular formula is C10H19N3O. The first kappa shape index (κ1) is 12.9. The van der Waals surface area contributed by atoms with Gasteiger partial charge in [0.1, 0.15) is 5.92 Å². The van der Waals surface area contributed by atoms with Crippen LogP contribution in [-0.4, -0.2) is 38.0 Å². The van der Waals surface area contributed by atoms with Crippen LogP contribution in [0, 0.1) is 23.2 Å². The second-order valence-corrected chi connectivity index (χ2v) is 3.95. The molecule has 1 unspecified atom stereocenters. The van der Waals surface area contributed by atoms with Gasteiger partial charge in [0, 0.05) is 13.1 Å². The normalized spacial score (nSPS) is 12.6. The highest BCUT2D eigenvalue weighted by Crippen LogP contribution is 2.08. The molecule has 14 heavy (non-hydrogen) atoms. The average Bonchev–Trinajstić information content (AvgIpc) is 2.03. The Balaban J connectivity index is 3.89. The minimum Gasteiger partial charge on any atom is -0.354 e. The molecule has 0 aliphatic rings. The van der Waals surface area contributed by atoms with Crippen LogP contribution in [0.3, 0.4) is 0 Å². The highest BCUT2D eigenvalue weighted by molar-refractivity contribution is 5.81. The van der Waals surface area contributed by atoms with Crippen molar-refractivity contribution >= 4 is 5.91 Å². The van der Waals surface area contributed by atoms with Gasteiger partial charge in [-0.25, -0.2) is 0 Å². The molecule has 0 fully saturated rings. The predicted molar refractivity (Wildman–Crippen MR) is 55.5 cm³/mol. The summed E-state index contributed by atoms with van der Waals surface area (Å²) < 4.78 is 0. The molecule has 4 nitrogen and oxygen atoms in total. The Morgan fingerprint density at radius 1 is 1.50 bits per heavy atom. The zero-order valence-electron chi connectivity index (χ0n) is 9.37. The number of nitrogens with one attached hydrogen (secondary N) is 1. The fourth-order valence-electron chi connectivity index (χ4n) is 1.02. The lowest BCUT2D eigenvalue weighted by molar-refractivity contribution is -0.124. The first-order chi connectivity index (χ1) is 6.49. The summed E-state index contributed by atoms with van der Waals surface area (Å²) in [6.45, 7) is 5.14. The second-order valence-electron chi connectivity index (χ2n) is 3.95. The van der Waals surface area contributed by atoms with Gasteiger partial charge in [-0.15, -0.1) is 0 Å². The molecule has 0 heterocycles. The Morgan fingerprint density at radius 2 is 2.07 bits per heavy atom. The molecule has 0 aromatic carbocycles. The first-order valence-corrected chi connectivity index (χ1v) is 4.81. The maximum Gasteiger partial charge on any atom is 0.237 e. The molecular weight excluding hydrogens is 178 g/mol. The van der Waals surface area contributed by atoms with Crippen LogP contribution in [0.1, 0.15) is 13.8 Å². The Bertz CT molecular complexity index is 218. The lowest BCUT2D eigenvalue weighted by Gasteiger charge is -2.14. The Kier molecular flexibility index (Phi) is 5.89. The molecule has 0 rings (SSSR count). The Hall–Kier alpha value is -1.08. The molecule has 0 spiro atoms. The number of carbonyl (C=O) groups is 1. The van der Waals surface area contributed by atoms with Crippen molar-refractivity contribution in [3.63, 3.8) is 0 Å². The van der Waals surface area contributed by atoms with Crippen molar-refractivity contribution in [3.8, 4) is 6.07 Å². The van der Waals surface area contributed by atoms with Crippen LogP contribution in [0.15, 0.2) is 0 Å². The minimum absolute atomic E-state index is 0.0688. The summed E-state index contributed by atoms with van der Waals surface area (Å²) in [4.78, 5) is 13.4. The molecule has 80 valence electrons. The van der Waals surface area contributed by atoms with E-state index in [9.17, 15) is 4.79 Å². The second kappa shape index (κ2) is 6.39. The molecule has 0 aromatic rings. The summed E-state index contributed by atoms with van der Waals surface area (Å²) in [5, 5.41) is 11.5. The molecule has 0 bridgehead atoms. The van der Waals surface area contributed by atoms with E-state index in [0.717, 1.165) is 6.54 Å². The third-order valence-corrected chi connectivity index (χ3v) is 1.95.